The zero-order valence-electron chi connectivity index (χ0n) is 19.7. The molecular weight excluding hydrogens is 456 g/mol. The number of hydrogen-bond donors (Lipinski definition) is 1. The van der Waals surface area contributed by atoms with Crippen molar-refractivity contribution in [3.63, 3.8) is 0 Å². The molecule has 178 valence electrons. The number of thiazole rings is 1. The smallest absolute Gasteiger partial charge is 0.180 e. The number of allylic oxidation sites excluding steroid dienone is 1. The molecule has 7 nitrogen and oxygen atoms in total. The Morgan fingerprint density at radius 2 is 2.00 bits per heavy atom. The zero-order valence-corrected chi connectivity index (χ0v) is 20.5. The predicted molar refractivity (Wildman–Crippen MR) is 139 cm³/mol. The van der Waals surface area contributed by atoms with Crippen LogP contribution in [-0.4, -0.2) is 31.0 Å². The second kappa shape index (κ2) is 10.7. The minimum absolute atomic E-state index is 0.150. The second-order valence-corrected chi connectivity index (χ2v) is 9.82. The van der Waals surface area contributed by atoms with Crippen LogP contribution in [0.15, 0.2) is 61.2 Å². The number of nitrogens with two attached hydrogens (primary N) is 1. The molecule has 1 aliphatic rings. The van der Waals surface area contributed by atoms with Gasteiger partial charge in [-0.2, -0.15) is 0 Å². The average Bonchev–Trinajstić information content (AvgIpc) is 3.30. The van der Waals surface area contributed by atoms with Gasteiger partial charge in [0.2, 0.25) is 0 Å². The minimum atomic E-state index is 0.150. The lowest BCUT2D eigenvalue weighted by molar-refractivity contribution is 0.230. The lowest BCUT2D eigenvalue weighted by Gasteiger charge is -2.19. The molecule has 4 aromatic rings. The van der Waals surface area contributed by atoms with Crippen LogP contribution in [0.2, 0.25) is 0 Å². The number of aryl methyl sites for hydroxylation is 3. The van der Waals surface area contributed by atoms with Gasteiger partial charge in [-0.05, 0) is 81.4 Å². The van der Waals surface area contributed by atoms with Crippen LogP contribution in [0.4, 0.5) is 5.13 Å². The summed E-state index contributed by atoms with van der Waals surface area (Å²) in [6.07, 6.45) is 17.4. The van der Waals surface area contributed by atoms with E-state index in [0.29, 0.717) is 16.6 Å². The van der Waals surface area contributed by atoms with Crippen molar-refractivity contribution in [3.8, 4) is 28.5 Å². The van der Waals surface area contributed by atoms with Gasteiger partial charge in [0.05, 0.1) is 11.9 Å². The Kier molecular flexibility index (Phi) is 7.09. The number of ether oxygens (including phenoxy) is 1. The van der Waals surface area contributed by atoms with Crippen molar-refractivity contribution in [2.75, 3.05) is 5.73 Å². The second-order valence-electron chi connectivity index (χ2n) is 8.67. The summed E-state index contributed by atoms with van der Waals surface area (Å²) in [6, 6.07) is 8.29. The summed E-state index contributed by atoms with van der Waals surface area (Å²) >= 11 is 1.54. The Balaban J connectivity index is 1.41. The van der Waals surface area contributed by atoms with Gasteiger partial charge in [0.1, 0.15) is 17.5 Å². The summed E-state index contributed by atoms with van der Waals surface area (Å²) < 4.78 is 6.19. The van der Waals surface area contributed by atoms with Crippen LogP contribution < -0.4 is 10.5 Å². The average molecular weight is 485 g/mol. The van der Waals surface area contributed by atoms with Crippen LogP contribution in [0.5, 0.6) is 5.75 Å². The fourth-order valence-corrected chi connectivity index (χ4v) is 4.95. The maximum Gasteiger partial charge on any atom is 0.180 e. The van der Waals surface area contributed by atoms with Crippen LogP contribution in [0.3, 0.4) is 0 Å². The van der Waals surface area contributed by atoms with E-state index in [1.165, 1.54) is 22.6 Å². The maximum absolute atomic E-state index is 6.19. The van der Waals surface area contributed by atoms with Crippen molar-refractivity contribution < 1.29 is 4.74 Å². The molecule has 0 saturated carbocycles. The van der Waals surface area contributed by atoms with Gasteiger partial charge in [-0.15, -0.1) is 11.3 Å². The van der Waals surface area contributed by atoms with Crippen LogP contribution in [0, 0.1) is 6.92 Å². The Morgan fingerprint density at radius 3 is 2.74 bits per heavy atom. The topological polar surface area (TPSA) is 99.7 Å². The third kappa shape index (κ3) is 5.89. The quantitative estimate of drug-likeness (QED) is 0.324. The molecule has 3 heterocycles. The van der Waals surface area contributed by atoms with Crippen molar-refractivity contribution in [2.24, 2.45) is 0 Å². The van der Waals surface area contributed by atoms with E-state index in [-0.39, 0.29) is 6.10 Å². The molecule has 0 aliphatic heterocycles. The van der Waals surface area contributed by atoms with E-state index < -0.39 is 0 Å². The number of anilines is 1. The first-order chi connectivity index (χ1) is 17.1. The first kappa shape index (κ1) is 23.1. The summed E-state index contributed by atoms with van der Waals surface area (Å²) in [7, 11) is 0. The monoisotopic (exact) mass is 484 g/mol. The zero-order chi connectivity index (χ0) is 24.0. The van der Waals surface area contributed by atoms with Crippen molar-refractivity contribution in [1.82, 2.24) is 24.9 Å². The predicted octanol–water partition coefficient (Wildman–Crippen LogP) is 5.61. The maximum atomic E-state index is 6.19. The lowest BCUT2D eigenvalue weighted by Crippen LogP contribution is -2.15. The summed E-state index contributed by atoms with van der Waals surface area (Å²) in [5, 5.41) is 0.608. The Hall–Kier alpha value is -3.65. The largest absolute Gasteiger partial charge is 0.486 e. The number of benzene rings is 1. The molecule has 3 aromatic heterocycles. The molecule has 5 rings (SSSR count). The Morgan fingerprint density at radius 1 is 1.06 bits per heavy atom. The lowest BCUT2D eigenvalue weighted by atomic mass is 10.0. The first-order valence-corrected chi connectivity index (χ1v) is 12.7. The van der Waals surface area contributed by atoms with Gasteiger partial charge >= 0.3 is 0 Å². The van der Waals surface area contributed by atoms with Gasteiger partial charge in [0.15, 0.2) is 11.0 Å². The number of hydrogen-bond acceptors (Lipinski definition) is 8. The Labute approximate surface area is 209 Å². The molecule has 1 aromatic carbocycles. The highest BCUT2D eigenvalue weighted by atomic mass is 32.1. The fraction of sp³-hybridized carbons (Fsp3) is 0.296. The summed E-state index contributed by atoms with van der Waals surface area (Å²) in [4.78, 5) is 23.6. The molecule has 0 saturated heterocycles. The van der Waals surface area contributed by atoms with Crippen molar-refractivity contribution in [1.29, 1.82) is 0 Å². The van der Waals surface area contributed by atoms with Gasteiger partial charge in [0, 0.05) is 34.7 Å². The summed E-state index contributed by atoms with van der Waals surface area (Å²) in [5.74, 6) is 1.47. The van der Waals surface area contributed by atoms with E-state index in [1.807, 2.05) is 12.3 Å². The highest BCUT2D eigenvalue weighted by Gasteiger charge is 2.14. The van der Waals surface area contributed by atoms with Gasteiger partial charge in [-0.25, -0.2) is 19.9 Å². The molecule has 0 fully saturated rings. The van der Waals surface area contributed by atoms with E-state index in [9.17, 15) is 0 Å². The minimum Gasteiger partial charge on any atom is -0.486 e. The van der Waals surface area contributed by atoms with E-state index in [0.717, 1.165) is 60.4 Å². The molecule has 1 aliphatic carbocycles. The Bertz CT molecular complexity index is 1320. The van der Waals surface area contributed by atoms with Gasteiger partial charge in [-0.1, -0.05) is 6.08 Å². The van der Waals surface area contributed by atoms with Crippen molar-refractivity contribution >= 4 is 16.5 Å². The van der Waals surface area contributed by atoms with Gasteiger partial charge in [0.25, 0.3) is 0 Å². The summed E-state index contributed by atoms with van der Waals surface area (Å²) in [5.41, 5.74) is 10.4. The van der Waals surface area contributed by atoms with E-state index in [1.54, 1.807) is 18.6 Å². The fourth-order valence-electron chi connectivity index (χ4n) is 4.23. The number of nitrogens with zero attached hydrogens (tertiary/aromatic N) is 5. The third-order valence-electron chi connectivity index (χ3n) is 5.97. The summed E-state index contributed by atoms with van der Waals surface area (Å²) in [6.45, 7) is 2.09. The van der Waals surface area contributed by atoms with E-state index in [4.69, 9.17) is 20.4 Å². The molecule has 0 bridgehead atoms. The number of rotatable bonds is 8. The molecule has 2 N–H and O–H groups in total. The van der Waals surface area contributed by atoms with Crippen LogP contribution in [0.25, 0.3) is 22.8 Å². The van der Waals surface area contributed by atoms with Crippen molar-refractivity contribution in [3.05, 3.63) is 77.3 Å². The standard InChI is InChI=1S/C27H28N6OS/c1-18-14-21(34-20-7-3-2-4-8-20)10-11-23(18)24-15-19(6-5-9-22-16-31-27(28)35-22)32-26(33-24)25-17-29-12-13-30-25/h3,7,10-17,20H,2,4-6,8-9H2,1H3,(H2,28,31). The highest BCUT2D eigenvalue weighted by molar-refractivity contribution is 7.15. The molecule has 0 amide bonds. The normalized spacial score (nSPS) is 15.3. The van der Waals surface area contributed by atoms with Crippen LogP contribution >= 0.6 is 11.3 Å². The van der Waals surface area contributed by atoms with Crippen LogP contribution in [-0.2, 0) is 12.8 Å². The molecule has 35 heavy (non-hydrogen) atoms. The molecule has 1 atom stereocenters. The van der Waals surface area contributed by atoms with E-state index >= 15 is 0 Å². The van der Waals surface area contributed by atoms with Crippen molar-refractivity contribution in [2.45, 2.75) is 51.6 Å². The van der Waals surface area contributed by atoms with E-state index in [2.05, 4.69) is 52.2 Å². The molecule has 0 spiro atoms. The number of nitrogen functional groups attached to an aromatic ring is 1. The first-order valence-electron chi connectivity index (χ1n) is 11.9. The molecule has 8 heteroatoms. The van der Waals surface area contributed by atoms with Crippen LogP contribution in [0.1, 0.15) is 41.8 Å². The molecular formula is C27H28N6OS. The number of aromatic nitrogens is 5. The SMILES string of the molecule is Cc1cc(OC2C=CCCC2)ccc1-c1cc(CCCc2cnc(N)s2)nc(-c2cnccn2)n1. The third-order valence-corrected chi connectivity index (χ3v) is 6.86. The molecule has 1 unspecified atom stereocenters. The molecule has 0 radical (unpaired) electrons. The van der Waals surface area contributed by atoms with Gasteiger partial charge in [-0.3, -0.25) is 4.98 Å². The highest BCUT2D eigenvalue weighted by Crippen LogP contribution is 2.29. The van der Waals surface area contributed by atoms with Gasteiger partial charge < -0.3 is 10.5 Å².